The number of aliphatic hydroxyl groups excluding tert-OH is 1. The normalized spacial score (nSPS) is 16.2. The van der Waals surface area contributed by atoms with Gasteiger partial charge in [0.15, 0.2) is 0 Å². The lowest BCUT2D eigenvalue weighted by atomic mass is 10.0. The van der Waals surface area contributed by atoms with E-state index in [4.69, 9.17) is 15.9 Å². The Hall–Kier alpha value is -2.63. The third-order valence-corrected chi connectivity index (χ3v) is 6.52. The fraction of sp³-hybridized carbons (Fsp3) is 0.423. The number of rotatable bonds is 12. The van der Waals surface area contributed by atoms with E-state index >= 15 is 0 Å². The molecule has 33 heavy (non-hydrogen) atoms. The van der Waals surface area contributed by atoms with Gasteiger partial charge in [-0.05, 0) is 48.1 Å². The van der Waals surface area contributed by atoms with Gasteiger partial charge >= 0.3 is 0 Å². The quantitative estimate of drug-likeness (QED) is 0.295. The van der Waals surface area contributed by atoms with Crippen LogP contribution in [0, 0.1) is 19.3 Å². The average Bonchev–Trinajstić information content (AvgIpc) is 3.27. The molecule has 7 heteroatoms. The van der Waals surface area contributed by atoms with Gasteiger partial charge in [-0.25, -0.2) is 0 Å². The van der Waals surface area contributed by atoms with E-state index in [0.717, 1.165) is 23.3 Å². The fourth-order valence-corrected chi connectivity index (χ4v) is 4.96. The molecule has 1 aromatic carbocycles. The van der Waals surface area contributed by atoms with E-state index in [9.17, 15) is 9.90 Å². The zero-order valence-electron chi connectivity index (χ0n) is 19.1. The number of nitrogens with zero attached hydrogens (tertiary/aromatic N) is 2. The molecule has 0 aliphatic carbocycles. The molecule has 0 radical (unpaired) electrons. The molecule has 1 aliphatic rings. The second-order valence-electron chi connectivity index (χ2n) is 8.14. The minimum Gasteiger partial charge on any atom is -0.491 e. The molecule has 176 valence electrons. The number of carbonyl (C=O) groups excluding carboxylic acids is 1. The lowest BCUT2D eigenvalue weighted by Gasteiger charge is -2.37. The molecule has 0 spiro atoms. The maximum atomic E-state index is 13.4. The summed E-state index contributed by atoms with van der Waals surface area (Å²) < 4.78 is 11.3. The van der Waals surface area contributed by atoms with Crippen LogP contribution in [-0.2, 0) is 16.0 Å². The van der Waals surface area contributed by atoms with Gasteiger partial charge < -0.3 is 19.5 Å². The lowest BCUT2D eigenvalue weighted by molar-refractivity contribution is -0.136. The van der Waals surface area contributed by atoms with E-state index in [1.54, 1.807) is 17.4 Å². The van der Waals surface area contributed by atoms with Gasteiger partial charge in [0.1, 0.15) is 19.0 Å². The van der Waals surface area contributed by atoms with E-state index in [0.29, 0.717) is 26.2 Å². The van der Waals surface area contributed by atoms with Crippen LogP contribution in [0.2, 0.25) is 0 Å². The fourth-order valence-electron chi connectivity index (χ4n) is 4.03. The largest absolute Gasteiger partial charge is 0.491 e. The minimum atomic E-state index is -0.739. The van der Waals surface area contributed by atoms with Crippen molar-refractivity contribution in [3.63, 3.8) is 0 Å². The summed E-state index contributed by atoms with van der Waals surface area (Å²) in [5.74, 6) is 3.18. The number of aliphatic hydroxyl groups is 1. The molecule has 1 aromatic heterocycles. The highest BCUT2D eigenvalue weighted by Crippen LogP contribution is 2.34. The van der Waals surface area contributed by atoms with Crippen LogP contribution in [0.5, 0.6) is 5.75 Å². The van der Waals surface area contributed by atoms with Crippen molar-refractivity contribution in [2.45, 2.75) is 25.5 Å². The van der Waals surface area contributed by atoms with E-state index < -0.39 is 6.10 Å². The number of hydrogen-bond acceptors (Lipinski definition) is 6. The van der Waals surface area contributed by atoms with Crippen LogP contribution >= 0.6 is 11.3 Å². The van der Waals surface area contributed by atoms with Gasteiger partial charge in [-0.1, -0.05) is 24.1 Å². The highest BCUT2D eigenvalue weighted by molar-refractivity contribution is 7.10. The molecule has 0 bridgehead atoms. The predicted octanol–water partition coefficient (Wildman–Crippen LogP) is 3.06. The van der Waals surface area contributed by atoms with Gasteiger partial charge in [0.25, 0.3) is 0 Å². The summed E-state index contributed by atoms with van der Waals surface area (Å²) >= 11 is 1.73. The van der Waals surface area contributed by atoms with E-state index in [1.807, 2.05) is 41.0 Å². The number of aryl methyl sites for hydroxylation is 1. The number of thiophene rings is 1. The van der Waals surface area contributed by atoms with Crippen LogP contribution in [0.4, 0.5) is 0 Å². The Morgan fingerprint density at radius 1 is 1.48 bits per heavy atom. The number of ether oxygens (including phenoxy) is 2. The first-order chi connectivity index (χ1) is 16.0. The second kappa shape index (κ2) is 12.6. The number of carbonyl (C=O) groups is 1. The molecule has 0 fully saturated rings. The minimum absolute atomic E-state index is 0.00304. The molecule has 0 saturated carbocycles. The Balaban J connectivity index is 1.68. The number of fused-ring (bicyclic) bond motifs is 1. The molecule has 2 unspecified atom stereocenters. The molecule has 0 saturated heterocycles. The van der Waals surface area contributed by atoms with Crippen molar-refractivity contribution in [1.82, 2.24) is 9.80 Å². The molecule has 1 aliphatic heterocycles. The van der Waals surface area contributed by atoms with Crippen molar-refractivity contribution < 1.29 is 19.4 Å². The summed E-state index contributed by atoms with van der Waals surface area (Å²) in [6.45, 7) is 8.09. The summed E-state index contributed by atoms with van der Waals surface area (Å²) in [7, 11) is 0. The molecule has 6 nitrogen and oxygen atoms in total. The SMILES string of the molecule is C#CCOCC(O)CN(CC=C)CC(=O)N1CCc2sccc2C1COc1cccc(C)c1. The van der Waals surface area contributed by atoms with Gasteiger partial charge in [-0.2, -0.15) is 0 Å². The van der Waals surface area contributed by atoms with E-state index in [-0.39, 0.29) is 31.7 Å². The van der Waals surface area contributed by atoms with Crippen LogP contribution in [0.3, 0.4) is 0 Å². The standard InChI is InChI=1S/C26H32N2O4S/c1-4-11-27(16-21(29)18-31-13-5-2)17-26(30)28-12-9-25-23(10-14-33-25)24(28)19-32-22-8-6-7-20(3)15-22/h2,4,6-8,10,14-15,21,24,29H,1,9,11-13,16-19H2,3H3. The zero-order chi connectivity index (χ0) is 23.6. The Labute approximate surface area is 200 Å². The second-order valence-corrected chi connectivity index (χ2v) is 9.14. The third kappa shape index (κ3) is 7.18. The van der Waals surface area contributed by atoms with E-state index in [1.165, 1.54) is 4.88 Å². The van der Waals surface area contributed by atoms with Crippen LogP contribution in [0.1, 0.15) is 22.0 Å². The first-order valence-electron chi connectivity index (χ1n) is 11.1. The van der Waals surface area contributed by atoms with Gasteiger partial charge in [0, 0.05) is 24.5 Å². The van der Waals surface area contributed by atoms with Crippen molar-refractivity contribution in [3.8, 4) is 18.1 Å². The Kier molecular flexibility index (Phi) is 9.52. The van der Waals surface area contributed by atoms with Crippen molar-refractivity contribution in [3.05, 3.63) is 64.4 Å². The van der Waals surface area contributed by atoms with Gasteiger partial charge in [0.2, 0.25) is 5.91 Å². The summed E-state index contributed by atoms with van der Waals surface area (Å²) in [4.78, 5) is 18.5. The topological polar surface area (TPSA) is 62.2 Å². The first-order valence-corrected chi connectivity index (χ1v) is 12.0. The predicted molar refractivity (Wildman–Crippen MR) is 131 cm³/mol. The van der Waals surface area contributed by atoms with Crippen LogP contribution in [0.25, 0.3) is 0 Å². The molecule has 2 heterocycles. The zero-order valence-corrected chi connectivity index (χ0v) is 19.9. The monoisotopic (exact) mass is 468 g/mol. The maximum Gasteiger partial charge on any atom is 0.237 e. The lowest BCUT2D eigenvalue weighted by Crippen LogP contribution is -2.48. The summed E-state index contributed by atoms with van der Waals surface area (Å²) in [6, 6.07) is 9.88. The maximum absolute atomic E-state index is 13.4. The van der Waals surface area contributed by atoms with Crippen LogP contribution in [0.15, 0.2) is 48.4 Å². The molecule has 2 aromatic rings. The third-order valence-electron chi connectivity index (χ3n) is 5.52. The Morgan fingerprint density at radius 3 is 3.09 bits per heavy atom. The summed E-state index contributed by atoms with van der Waals surface area (Å²) in [6.07, 6.45) is 7.01. The highest BCUT2D eigenvalue weighted by atomic mass is 32.1. The first kappa shape index (κ1) is 25.0. The molecule has 2 atom stereocenters. The van der Waals surface area contributed by atoms with Crippen molar-refractivity contribution in [2.24, 2.45) is 0 Å². The molecular formula is C26H32N2O4S. The Morgan fingerprint density at radius 2 is 2.33 bits per heavy atom. The number of terminal acetylenes is 1. The van der Waals surface area contributed by atoms with Crippen molar-refractivity contribution in [1.29, 1.82) is 0 Å². The Bertz CT molecular complexity index is 967. The highest BCUT2D eigenvalue weighted by Gasteiger charge is 2.33. The number of amides is 1. The summed E-state index contributed by atoms with van der Waals surface area (Å²) in [5.41, 5.74) is 2.29. The van der Waals surface area contributed by atoms with Crippen molar-refractivity contribution >= 4 is 17.2 Å². The molecular weight excluding hydrogens is 436 g/mol. The van der Waals surface area contributed by atoms with E-state index in [2.05, 4.69) is 23.9 Å². The van der Waals surface area contributed by atoms with Crippen LogP contribution < -0.4 is 4.74 Å². The number of hydrogen-bond donors (Lipinski definition) is 1. The van der Waals surface area contributed by atoms with Crippen LogP contribution in [-0.4, -0.2) is 72.9 Å². The number of benzene rings is 1. The summed E-state index contributed by atoms with van der Waals surface area (Å²) in [5, 5.41) is 12.3. The molecule has 1 N–H and O–H groups in total. The smallest absolute Gasteiger partial charge is 0.237 e. The molecule has 1 amide bonds. The molecule has 3 rings (SSSR count). The van der Waals surface area contributed by atoms with Gasteiger partial charge in [-0.3, -0.25) is 9.69 Å². The van der Waals surface area contributed by atoms with Gasteiger partial charge in [-0.15, -0.1) is 24.3 Å². The van der Waals surface area contributed by atoms with Gasteiger partial charge in [0.05, 0.1) is 25.3 Å². The van der Waals surface area contributed by atoms with Crippen molar-refractivity contribution in [2.75, 3.05) is 46.0 Å². The average molecular weight is 469 g/mol.